The maximum absolute atomic E-state index is 12.7. The quantitative estimate of drug-likeness (QED) is 0.402. The SMILES string of the molecule is Cc1cccc(C(=O)NC(Cc2c[nH]c(=O)nc2NC(=O)c2c(Cl)cccc2Cl)C(=O)O)c1. The number of rotatable bonds is 7. The Bertz CT molecular complexity index is 1270. The van der Waals surface area contributed by atoms with Gasteiger partial charge in [0.25, 0.3) is 11.8 Å². The van der Waals surface area contributed by atoms with Crippen LogP contribution in [-0.4, -0.2) is 38.9 Å². The zero-order valence-corrected chi connectivity index (χ0v) is 18.7. The van der Waals surface area contributed by atoms with Gasteiger partial charge in [0.05, 0.1) is 15.6 Å². The number of carboxylic acids is 1. The molecular formula is C22H18Cl2N4O5. The van der Waals surface area contributed by atoms with E-state index in [1.54, 1.807) is 37.3 Å². The first-order chi connectivity index (χ1) is 15.7. The number of halogens is 2. The fourth-order valence-corrected chi connectivity index (χ4v) is 3.59. The van der Waals surface area contributed by atoms with E-state index in [1.807, 2.05) is 0 Å². The number of H-pyrrole nitrogens is 1. The molecule has 3 aromatic rings. The minimum atomic E-state index is -1.37. The van der Waals surface area contributed by atoms with E-state index in [9.17, 15) is 24.3 Å². The monoisotopic (exact) mass is 488 g/mol. The first-order valence-corrected chi connectivity index (χ1v) is 10.4. The largest absolute Gasteiger partial charge is 0.480 e. The standard InChI is InChI=1S/C22H18Cl2N4O5/c1-11-4-2-5-12(8-11)19(29)26-16(21(31)32)9-13-10-25-22(33)28-18(13)27-20(30)17-14(23)6-3-7-15(17)24/h2-8,10,16H,9H2,1H3,(H,26,29)(H,31,32)(H2,25,27,28,30,33). The molecule has 0 radical (unpaired) electrons. The van der Waals surface area contributed by atoms with Crippen molar-refractivity contribution in [3.8, 4) is 0 Å². The van der Waals surface area contributed by atoms with Gasteiger partial charge >= 0.3 is 11.7 Å². The van der Waals surface area contributed by atoms with Crippen molar-refractivity contribution in [2.24, 2.45) is 0 Å². The van der Waals surface area contributed by atoms with Crippen LogP contribution >= 0.6 is 23.2 Å². The van der Waals surface area contributed by atoms with Crippen LogP contribution in [0.25, 0.3) is 0 Å². The molecule has 33 heavy (non-hydrogen) atoms. The predicted octanol–water partition coefficient (Wildman–Crippen LogP) is 3.06. The number of hydrogen-bond donors (Lipinski definition) is 4. The lowest BCUT2D eigenvalue weighted by molar-refractivity contribution is -0.139. The number of benzene rings is 2. The zero-order valence-electron chi connectivity index (χ0n) is 17.2. The van der Waals surface area contributed by atoms with Crippen LogP contribution in [0.4, 0.5) is 5.82 Å². The van der Waals surface area contributed by atoms with Crippen LogP contribution in [-0.2, 0) is 11.2 Å². The summed E-state index contributed by atoms with van der Waals surface area (Å²) >= 11 is 12.1. The number of aromatic amines is 1. The highest BCUT2D eigenvalue weighted by molar-refractivity contribution is 6.40. The lowest BCUT2D eigenvalue weighted by atomic mass is 10.1. The number of nitrogens with one attached hydrogen (secondary N) is 3. The summed E-state index contributed by atoms with van der Waals surface area (Å²) in [6, 6.07) is 9.79. The van der Waals surface area contributed by atoms with Crippen LogP contribution in [0.5, 0.6) is 0 Å². The Morgan fingerprint density at radius 3 is 2.39 bits per heavy atom. The molecule has 0 saturated carbocycles. The number of aliphatic carboxylic acids is 1. The highest BCUT2D eigenvalue weighted by atomic mass is 35.5. The molecule has 1 atom stereocenters. The second-order valence-corrected chi connectivity index (χ2v) is 7.88. The molecule has 0 saturated heterocycles. The lowest BCUT2D eigenvalue weighted by Crippen LogP contribution is -2.42. The minimum Gasteiger partial charge on any atom is -0.480 e. The number of anilines is 1. The molecule has 1 unspecified atom stereocenters. The van der Waals surface area contributed by atoms with E-state index in [1.165, 1.54) is 18.3 Å². The molecular weight excluding hydrogens is 471 g/mol. The highest BCUT2D eigenvalue weighted by Crippen LogP contribution is 2.25. The molecule has 0 aliphatic carbocycles. The molecule has 11 heteroatoms. The number of aromatic nitrogens is 2. The molecule has 2 aromatic carbocycles. The Morgan fingerprint density at radius 1 is 1.09 bits per heavy atom. The van der Waals surface area contributed by atoms with E-state index in [0.717, 1.165) is 5.56 Å². The molecule has 1 aromatic heterocycles. The fraction of sp³-hybridized carbons (Fsp3) is 0.136. The summed E-state index contributed by atoms with van der Waals surface area (Å²) in [6.45, 7) is 1.80. The van der Waals surface area contributed by atoms with Crippen molar-refractivity contribution in [3.05, 3.63) is 91.4 Å². The Hall–Kier alpha value is -3.69. The van der Waals surface area contributed by atoms with Gasteiger partial charge in [-0.3, -0.25) is 9.59 Å². The molecule has 0 aliphatic rings. The smallest absolute Gasteiger partial charge is 0.346 e. The summed E-state index contributed by atoms with van der Waals surface area (Å²) in [7, 11) is 0. The molecule has 2 amide bonds. The zero-order chi connectivity index (χ0) is 24.1. The average Bonchev–Trinajstić information content (AvgIpc) is 2.74. The Balaban J connectivity index is 1.86. The first-order valence-electron chi connectivity index (χ1n) is 9.60. The number of carboxylic acid groups (broad SMARTS) is 1. The lowest BCUT2D eigenvalue weighted by Gasteiger charge is -2.17. The van der Waals surface area contributed by atoms with Crippen molar-refractivity contribution >= 4 is 46.8 Å². The van der Waals surface area contributed by atoms with Crippen molar-refractivity contribution in [2.75, 3.05) is 5.32 Å². The number of hydrogen-bond acceptors (Lipinski definition) is 5. The summed E-state index contributed by atoms with van der Waals surface area (Å²) in [5.74, 6) is -2.82. The van der Waals surface area contributed by atoms with Gasteiger partial charge in [0.2, 0.25) is 0 Å². The highest BCUT2D eigenvalue weighted by Gasteiger charge is 2.24. The molecule has 0 aliphatic heterocycles. The van der Waals surface area contributed by atoms with Gasteiger partial charge in [0.15, 0.2) is 0 Å². The van der Waals surface area contributed by atoms with Gasteiger partial charge in [-0.1, -0.05) is 47.0 Å². The average molecular weight is 489 g/mol. The number of aryl methyl sites for hydroxylation is 1. The summed E-state index contributed by atoms with van der Waals surface area (Å²) in [5, 5.41) is 14.7. The summed E-state index contributed by atoms with van der Waals surface area (Å²) < 4.78 is 0. The van der Waals surface area contributed by atoms with Crippen molar-refractivity contribution < 1.29 is 19.5 Å². The molecule has 4 N–H and O–H groups in total. The minimum absolute atomic E-state index is 0.0311. The normalized spacial score (nSPS) is 11.5. The Kier molecular flexibility index (Phi) is 7.47. The maximum Gasteiger partial charge on any atom is 0.346 e. The fourth-order valence-electron chi connectivity index (χ4n) is 3.02. The molecule has 170 valence electrons. The van der Waals surface area contributed by atoms with Crippen LogP contribution in [0, 0.1) is 6.92 Å². The Morgan fingerprint density at radius 2 is 1.76 bits per heavy atom. The number of carbonyl (C=O) groups is 3. The van der Waals surface area contributed by atoms with Gasteiger partial charge in [-0.05, 0) is 31.2 Å². The van der Waals surface area contributed by atoms with E-state index in [4.69, 9.17) is 23.2 Å². The van der Waals surface area contributed by atoms with Crippen LogP contribution < -0.4 is 16.3 Å². The van der Waals surface area contributed by atoms with Gasteiger partial charge in [-0.2, -0.15) is 4.98 Å². The second kappa shape index (κ2) is 10.3. The van der Waals surface area contributed by atoms with Crippen molar-refractivity contribution in [1.29, 1.82) is 0 Å². The van der Waals surface area contributed by atoms with Crippen molar-refractivity contribution in [3.63, 3.8) is 0 Å². The topological polar surface area (TPSA) is 141 Å². The van der Waals surface area contributed by atoms with Crippen LogP contribution in [0.3, 0.4) is 0 Å². The molecule has 9 nitrogen and oxygen atoms in total. The molecule has 0 spiro atoms. The molecule has 0 fully saturated rings. The third-order valence-electron chi connectivity index (χ3n) is 4.62. The summed E-state index contributed by atoms with van der Waals surface area (Å²) in [5.41, 5.74) is 0.500. The van der Waals surface area contributed by atoms with Gasteiger partial charge < -0.3 is 20.7 Å². The van der Waals surface area contributed by atoms with E-state index >= 15 is 0 Å². The van der Waals surface area contributed by atoms with Crippen molar-refractivity contribution in [2.45, 2.75) is 19.4 Å². The van der Waals surface area contributed by atoms with Gasteiger partial charge in [-0.25, -0.2) is 9.59 Å². The van der Waals surface area contributed by atoms with Gasteiger partial charge in [0, 0.05) is 23.7 Å². The van der Waals surface area contributed by atoms with E-state index < -0.39 is 29.5 Å². The third-order valence-corrected chi connectivity index (χ3v) is 5.25. The first kappa shape index (κ1) is 24.0. The van der Waals surface area contributed by atoms with Crippen LogP contribution in [0.1, 0.15) is 31.8 Å². The van der Waals surface area contributed by atoms with Crippen molar-refractivity contribution in [1.82, 2.24) is 15.3 Å². The summed E-state index contributed by atoms with van der Waals surface area (Å²) in [6.07, 6.45) is 0.941. The molecule has 0 bridgehead atoms. The van der Waals surface area contributed by atoms with Gasteiger partial charge in [-0.15, -0.1) is 0 Å². The predicted molar refractivity (Wildman–Crippen MR) is 123 cm³/mol. The van der Waals surface area contributed by atoms with Crippen LogP contribution in [0.2, 0.25) is 10.0 Å². The third kappa shape index (κ3) is 5.97. The van der Waals surface area contributed by atoms with Crippen LogP contribution in [0.15, 0.2) is 53.5 Å². The number of nitrogens with zero attached hydrogens (tertiary/aromatic N) is 1. The number of carbonyl (C=O) groups excluding carboxylic acids is 2. The van der Waals surface area contributed by atoms with Gasteiger partial charge in [0.1, 0.15) is 11.9 Å². The second-order valence-electron chi connectivity index (χ2n) is 7.07. The maximum atomic E-state index is 12.7. The Labute approximate surface area is 197 Å². The van der Waals surface area contributed by atoms with E-state index in [2.05, 4.69) is 20.6 Å². The molecule has 1 heterocycles. The summed E-state index contributed by atoms with van der Waals surface area (Å²) in [4.78, 5) is 54.9. The number of amides is 2. The molecule has 3 rings (SSSR count). The van der Waals surface area contributed by atoms with E-state index in [0.29, 0.717) is 5.56 Å². The van der Waals surface area contributed by atoms with E-state index in [-0.39, 0.29) is 33.4 Å².